The van der Waals surface area contributed by atoms with Crippen molar-refractivity contribution in [2.75, 3.05) is 12.4 Å². The summed E-state index contributed by atoms with van der Waals surface area (Å²) in [6.07, 6.45) is 4.28. The molecule has 1 heterocycles. The maximum atomic E-state index is 13.0. The maximum Gasteiger partial charge on any atom is 0.341 e. The summed E-state index contributed by atoms with van der Waals surface area (Å²) in [5, 5.41) is 12.7. The number of aryl methyl sites for hydroxylation is 1. The SMILES string of the molecule is COC(=O)c1c(NC(=O)[C@@H]2CC=CC[C@H]2C(=O)O)sc(C)c1-c1ccc(C(C)C)cc1. The number of carboxylic acids is 1. The second kappa shape index (κ2) is 9.47. The zero-order chi connectivity index (χ0) is 22.7. The fraction of sp³-hybridized carbons (Fsp3) is 0.375. The standard InChI is InChI=1S/C24H27NO5S/c1-13(2)15-9-11-16(12-10-15)19-14(3)31-22(20(19)24(29)30-4)25-21(26)17-7-5-6-8-18(17)23(27)28/h5-6,9-13,17-18H,7-8H2,1-4H3,(H,25,26)(H,27,28)/t17-,18-/m1/s1. The molecule has 1 aromatic heterocycles. The van der Waals surface area contributed by atoms with Crippen molar-refractivity contribution in [2.24, 2.45) is 11.8 Å². The van der Waals surface area contributed by atoms with Crippen LogP contribution < -0.4 is 5.32 Å². The van der Waals surface area contributed by atoms with Crippen LogP contribution >= 0.6 is 11.3 Å². The summed E-state index contributed by atoms with van der Waals surface area (Å²) in [5.41, 5.74) is 3.08. The molecular formula is C24H27NO5S. The van der Waals surface area contributed by atoms with Crippen LogP contribution in [0.15, 0.2) is 36.4 Å². The minimum Gasteiger partial charge on any atom is -0.481 e. The summed E-state index contributed by atoms with van der Waals surface area (Å²) in [6, 6.07) is 7.99. The number of amides is 1. The number of aliphatic carboxylic acids is 1. The highest BCUT2D eigenvalue weighted by Crippen LogP contribution is 2.41. The zero-order valence-electron chi connectivity index (χ0n) is 18.1. The highest BCUT2D eigenvalue weighted by molar-refractivity contribution is 7.17. The van der Waals surface area contributed by atoms with Gasteiger partial charge in [0.2, 0.25) is 5.91 Å². The molecule has 1 aliphatic carbocycles. The van der Waals surface area contributed by atoms with Crippen molar-refractivity contribution in [1.82, 2.24) is 0 Å². The third-order valence-electron chi connectivity index (χ3n) is 5.66. The number of rotatable bonds is 6. The van der Waals surface area contributed by atoms with Gasteiger partial charge in [0.05, 0.1) is 18.9 Å². The fourth-order valence-corrected chi connectivity index (χ4v) is 4.96. The van der Waals surface area contributed by atoms with E-state index in [2.05, 4.69) is 19.2 Å². The van der Waals surface area contributed by atoms with E-state index in [4.69, 9.17) is 4.74 Å². The zero-order valence-corrected chi connectivity index (χ0v) is 18.9. The Morgan fingerprint density at radius 2 is 1.71 bits per heavy atom. The normalized spacial score (nSPS) is 18.1. The Morgan fingerprint density at radius 1 is 1.10 bits per heavy atom. The average Bonchev–Trinajstić information content (AvgIpc) is 3.08. The number of benzene rings is 1. The van der Waals surface area contributed by atoms with Gasteiger partial charge in [-0.3, -0.25) is 9.59 Å². The molecule has 0 fully saturated rings. The first-order valence-electron chi connectivity index (χ1n) is 10.2. The largest absolute Gasteiger partial charge is 0.481 e. The summed E-state index contributed by atoms with van der Waals surface area (Å²) in [6.45, 7) is 6.12. The number of ether oxygens (including phenoxy) is 1. The summed E-state index contributed by atoms with van der Waals surface area (Å²) in [7, 11) is 1.30. The van der Waals surface area contributed by atoms with Gasteiger partial charge in [0, 0.05) is 10.4 Å². The molecule has 7 heteroatoms. The van der Waals surface area contributed by atoms with Gasteiger partial charge in [-0.25, -0.2) is 4.79 Å². The van der Waals surface area contributed by atoms with Crippen LogP contribution in [0.5, 0.6) is 0 Å². The lowest BCUT2D eigenvalue weighted by Crippen LogP contribution is -2.34. The van der Waals surface area contributed by atoms with E-state index in [0.717, 1.165) is 16.0 Å². The summed E-state index contributed by atoms with van der Waals surface area (Å²) in [4.78, 5) is 38.1. The van der Waals surface area contributed by atoms with Gasteiger partial charge in [-0.2, -0.15) is 0 Å². The molecule has 3 rings (SSSR count). The molecule has 6 nitrogen and oxygen atoms in total. The van der Waals surface area contributed by atoms with Crippen LogP contribution in [0.4, 0.5) is 5.00 Å². The fourth-order valence-electron chi connectivity index (χ4n) is 3.89. The van der Waals surface area contributed by atoms with E-state index in [9.17, 15) is 19.5 Å². The Kier molecular flexibility index (Phi) is 6.95. The smallest absolute Gasteiger partial charge is 0.341 e. The molecule has 0 aliphatic heterocycles. The third-order valence-corrected chi connectivity index (χ3v) is 6.68. The summed E-state index contributed by atoms with van der Waals surface area (Å²) >= 11 is 1.29. The van der Waals surface area contributed by atoms with Crippen LogP contribution in [0, 0.1) is 18.8 Å². The number of hydrogen-bond donors (Lipinski definition) is 2. The van der Waals surface area contributed by atoms with Gasteiger partial charge in [0.25, 0.3) is 0 Å². The van der Waals surface area contributed by atoms with Crippen molar-refractivity contribution in [3.8, 4) is 11.1 Å². The molecule has 0 bridgehead atoms. The van der Waals surface area contributed by atoms with E-state index < -0.39 is 29.7 Å². The number of allylic oxidation sites excluding steroid dienone is 2. The Bertz CT molecular complexity index is 1020. The number of esters is 1. The first-order chi connectivity index (χ1) is 14.7. The molecule has 2 N–H and O–H groups in total. The van der Waals surface area contributed by atoms with E-state index in [-0.39, 0.29) is 0 Å². The van der Waals surface area contributed by atoms with Crippen LogP contribution in [0.2, 0.25) is 0 Å². The minimum atomic E-state index is -0.994. The van der Waals surface area contributed by atoms with Crippen molar-refractivity contribution < 1.29 is 24.2 Å². The van der Waals surface area contributed by atoms with E-state index in [1.54, 1.807) is 6.08 Å². The molecule has 0 saturated heterocycles. The number of nitrogens with one attached hydrogen (secondary N) is 1. The van der Waals surface area contributed by atoms with Crippen LogP contribution in [0.25, 0.3) is 11.1 Å². The molecule has 2 atom stereocenters. The second-order valence-electron chi connectivity index (χ2n) is 7.99. The molecule has 1 aromatic carbocycles. The van der Waals surface area contributed by atoms with Gasteiger partial charge < -0.3 is 15.2 Å². The number of carbonyl (C=O) groups excluding carboxylic acids is 2. The van der Waals surface area contributed by atoms with Gasteiger partial charge in [0.1, 0.15) is 10.6 Å². The molecule has 0 spiro atoms. The number of hydrogen-bond acceptors (Lipinski definition) is 5. The van der Waals surface area contributed by atoms with Crippen molar-refractivity contribution >= 4 is 34.2 Å². The Balaban J connectivity index is 1.98. The van der Waals surface area contributed by atoms with Gasteiger partial charge in [-0.05, 0) is 36.8 Å². The molecule has 0 unspecified atom stereocenters. The highest BCUT2D eigenvalue weighted by atomic mass is 32.1. The van der Waals surface area contributed by atoms with Crippen molar-refractivity contribution in [3.63, 3.8) is 0 Å². The van der Waals surface area contributed by atoms with Crippen molar-refractivity contribution in [3.05, 3.63) is 52.4 Å². The lowest BCUT2D eigenvalue weighted by molar-refractivity contribution is -0.146. The monoisotopic (exact) mass is 441 g/mol. The molecule has 2 aromatic rings. The number of carboxylic acid groups (broad SMARTS) is 1. The van der Waals surface area contributed by atoms with E-state index in [0.29, 0.717) is 29.3 Å². The molecule has 31 heavy (non-hydrogen) atoms. The maximum absolute atomic E-state index is 13.0. The van der Waals surface area contributed by atoms with Gasteiger partial charge in [-0.1, -0.05) is 50.3 Å². The van der Waals surface area contributed by atoms with Crippen LogP contribution in [-0.2, 0) is 14.3 Å². The molecule has 0 radical (unpaired) electrons. The molecule has 1 amide bonds. The predicted molar refractivity (Wildman–Crippen MR) is 122 cm³/mol. The third kappa shape index (κ3) is 4.71. The number of methoxy groups -OCH3 is 1. The van der Waals surface area contributed by atoms with Crippen LogP contribution in [0.1, 0.15) is 53.4 Å². The lowest BCUT2D eigenvalue weighted by atomic mass is 9.82. The van der Waals surface area contributed by atoms with Gasteiger partial charge in [0.15, 0.2) is 0 Å². The quantitative estimate of drug-likeness (QED) is 0.472. The number of thiophene rings is 1. The summed E-state index contributed by atoms with van der Waals surface area (Å²) < 4.78 is 5.01. The minimum absolute atomic E-state index is 0.300. The Labute approximate surface area is 185 Å². The van der Waals surface area contributed by atoms with Crippen LogP contribution in [-0.4, -0.2) is 30.1 Å². The molecular weight excluding hydrogens is 414 g/mol. The van der Waals surface area contributed by atoms with Crippen molar-refractivity contribution in [1.29, 1.82) is 0 Å². The lowest BCUT2D eigenvalue weighted by Gasteiger charge is -2.24. The molecule has 1 aliphatic rings. The van der Waals surface area contributed by atoms with Gasteiger partial charge >= 0.3 is 11.9 Å². The van der Waals surface area contributed by atoms with Crippen LogP contribution in [0.3, 0.4) is 0 Å². The summed E-state index contributed by atoms with van der Waals surface area (Å²) in [5.74, 6) is -3.02. The van der Waals surface area contributed by atoms with E-state index >= 15 is 0 Å². The Morgan fingerprint density at radius 3 is 2.26 bits per heavy atom. The number of anilines is 1. The average molecular weight is 442 g/mol. The predicted octanol–water partition coefficient (Wildman–Crippen LogP) is 5.24. The molecule has 0 saturated carbocycles. The second-order valence-corrected chi connectivity index (χ2v) is 9.21. The Hall–Kier alpha value is -2.93. The van der Waals surface area contributed by atoms with E-state index in [1.165, 1.54) is 24.0 Å². The van der Waals surface area contributed by atoms with Gasteiger partial charge in [-0.15, -0.1) is 11.3 Å². The first kappa shape index (κ1) is 22.7. The topological polar surface area (TPSA) is 92.7 Å². The van der Waals surface area contributed by atoms with Crippen molar-refractivity contribution in [2.45, 2.75) is 39.5 Å². The first-order valence-corrected chi connectivity index (χ1v) is 11.1. The molecule has 164 valence electrons. The highest BCUT2D eigenvalue weighted by Gasteiger charge is 2.35. The number of carbonyl (C=O) groups is 3. The van der Waals surface area contributed by atoms with E-state index in [1.807, 2.05) is 37.3 Å².